The maximum absolute atomic E-state index is 13.5. The quantitative estimate of drug-likeness (QED) is 0.648. The first-order valence-corrected chi connectivity index (χ1v) is 9.99. The lowest BCUT2D eigenvalue weighted by Gasteiger charge is -2.21. The Morgan fingerprint density at radius 1 is 1.21 bits per heavy atom. The van der Waals surface area contributed by atoms with Crippen LogP contribution in [0.15, 0.2) is 10.6 Å². The molecule has 3 aromatic rings. The first-order valence-electron chi connectivity index (χ1n) is 9.99. The summed E-state index contributed by atoms with van der Waals surface area (Å²) in [5.74, 6) is 0.875. The third kappa shape index (κ3) is 3.78. The van der Waals surface area contributed by atoms with Crippen molar-refractivity contribution in [3.63, 3.8) is 0 Å². The minimum absolute atomic E-state index is 0.0594. The minimum atomic E-state index is -0.238. The van der Waals surface area contributed by atoms with E-state index in [-0.39, 0.29) is 17.4 Å². The molecule has 0 saturated heterocycles. The van der Waals surface area contributed by atoms with Crippen LogP contribution in [0.5, 0.6) is 0 Å². The molecule has 0 atom stereocenters. The molecular formula is C22H31N5O2. The number of aromatic nitrogens is 4. The number of carbonyl (C=O) groups excluding carboxylic acids is 1. The molecule has 156 valence electrons. The summed E-state index contributed by atoms with van der Waals surface area (Å²) in [4.78, 5) is 20.1. The van der Waals surface area contributed by atoms with E-state index >= 15 is 0 Å². The number of fused-ring (bicyclic) bond motifs is 1. The molecule has 0 radical (unpaired) electrons. The molecule has 3 aromatic heterocycles. The summed E-state index contributed by atoms with van der Waals surface area (Å²) < 4.78 is 7.18. The first-order chi connectivity index (χ1) is 13.4. The van der Waals surface area contributed by atoms with Gasteiger partial charge in [-0.3, -0.25) is 4.79 Å². The summed E-state index contributed by atoms with van der Waals surface area (Å²) in [6.45, 7) is 16.6. The molecule has 7 nitrogen and oxygen atoms in total. The smallest absolute Gasteiger partial charge is 0.254 e. The second-order valence-corrected chi connectivity index (χ2v) is 9.08. The van der Waals surface area contributed by atoms with Crippen LogP contribution in [0, 0.1) is 20.8 Å². The zero-order valence-corrected chi connectivity index (χ0v) is 18.9. The topological polar surface area (TPSA) is 77.1 Å². The molecule has 0 fully saturated rings. The Hall–Kier alpha value is -2.70. The predicted octanol–water partition coefficient (Wildman–Crippen LogP) is 4.50. The third-order valence-corrected chi connectivity index (χ3v) is 5.21. The first kappa shape index (κ1) is 21.0. The van der Waals surface area contributed by atoms with Gasteiger partial charge in [0.15, 0.2) is 5.65 Å². The number of carbonyl (C=O) groups is 1. The maximum atomic E-state index is 13.5. The number of rotatable bonds is 4. The Bertz CT molecular complexity index is 1050. The van der Waals surface area contributed by atoms with E-state index in [2.05, 4.69) is 39.8 Å². The van der Waals surface area contributed by atoms with Crippen LogP contribution in [0.4, 0.5) is 0 Å². The Morgan fingerprint density at radius 2 is 1.86 bits per heavy atom. The van der Waals surface area contributed by atoms with Crippen LogP contribution >= 0.6 is 0 Å². The lowest BCUT2D eigenvalue weighted by molar-refractivity contribution is 0.0786. The Balaban J connectivity index is 2.14. The standard InChI is InChI=1S/C22H31N5O2/c1-12(2)18-10-16(19-14(4)24-27(20(19)23-18)22(6,7)8)21(28)26(9)11-17-13(3)25-29-15(17)5/h10,12H,11H2,1-9H3. The molecule has 0 aliphatic carbocycles. The number of hydrogen-bond donors (Lipinski definition) is 0. The number of amides is 1. The zero-order valence-electron chi connectivity index (χ0n) is 18.9. The lowest BCUT2D eigenvalue weighted by Crippen LogP contribution is -2.27. The van der Waals surface area contributed by atoms with Gasteiger partial charge in [-0.2, -0.15) is 5.10 Å². The van der Waals surface area contributed by atoms with Crippen LogP contribution in [0.1, 0.15) is 79.3 Å². The van der Waals surface area contributed by atoms with E-state index in [1.54, 1.807) is 11.9 Å². The fourth-order valence-corrected chi connectivity index (χ4v) is 3.48. The van der Waals surface area contributed by atoms with Gasteiger partial charge in [-0.05, 0) is 53.5 Å². The SMILES string of the molecule is Cc1noc(C)c1CN(C)C(=O)c1cc(C(C)C)nc2c1c(C)nn2C(C)(C)C. The second kappa shape index (κ2) is 7.28. The van der Waals surface area contributed by atoms with Crippen molar-refractivity contribution in [2.75, 3.05) is 7.05 Å². The Labute approximate surface area is 172 Å². The van der Waals surface area contributed by atoms with E-state index in [1.165, 1.54) is 0 Å². The van der Waals surface area contributed by atoms with Gasteiger partial charge in [-0.1, -0.05) is 19.0 Å². The van der Waals surface area contributed by atoms with E-state index in [1.807, 2.05) is 31.5 Å². The van der Waals surface area contributed by atoms with Crippen molar-refractivity contribution in [3.8, 4) is 0 Å². The van der Waals surface area contributed by atoms with Gasteiger partial charge in [0.1, 0.15) is 5.76 Å². The molecule has 1 amide bonds. The fourth-order valence-electron chi connectivity index (χ4n) is 3.48. The van der Waals surface area contributed by atoms with E-state index < -0.39 is 0 Å². The van der Waals surface area contributed by atoms with Crippen LogP contribution in [0.2, 0.25) is 0 Å². The molecule has 7 heteroatoms. The highest BCUT2D eigenvalue weighted by molar-refractivity contribution is 6.06. The van der Waals surface area contributed by atoms with Crippen LogP contribution in [0.3, 0.4) is 0 Å². The van der Waals surface area contributed by atoms with Gasteiger partial charge in [0.05, 0.1) is 34.4 Å². The highest BCUT2D eigenvalue weighted by Gasteiger charge is 2.27. The number of hydrogen-bond acceptors (Lipinski definition) is 5. The molecule has 0 saturated carbocycles. The summed E-state index contributed by atoms with van der Waals surface area (Å²) in [7, 11) is 1.80. The molecule has 0 unspecified atom stereocenters. The molecule has 3 heterocycles. The van der Waals surface area contributed by atoms with Gasteiger partial charge in [0.25, 0.3) is 5.91 Å². The monoisotopic (exact) mass is 397 g/mol. The number of nitrogens with zero attached hydrogens (tertiary/aromatic N) is 5. The second-order valence-electron chi connectivity index (χ2n) is 9.08. The third-order valence-electron chi connectivity index (χ3n) is 5.21. The van der Waals surface area contributed by atoms with E-state index in [9.17, 15) is 4.79 Å². The summed E-state index contributed by atoms with van der Waals surface area (Å²) in [6, 6.07) is 1.92. The number of pyridine rings is 1. The average molecular weight is 398 g/mol. The molecule has 3 rings (SSSR count). The van der Waals surface area contributed by atoms with Gasteiger partial charge in [-0.15, -0.1) is 0 Å². The van der Waals surface area contributed by atoms with Crippen molar-refractivity contribution >= 4 is 16.9 Å². The lowest BCUT2D eigenvalue weighted by atomic mass is 10.0. The van der Waals surface area contributed by atoms with Crippen molar-refractivity contribution in [3.05, 3.63) is 40.0 Å². The van der Waals surface area contributed by atoms with Crippen molar-refractivity contribution in [1.29, 1.82) is 0 Å². The average Bonchev–Trinajstić information content (AvgIpc) is 3.14. The largest absolute Gasteiger partial charge is 0.361 e. The molecule has 0 spiro atoms. The van der Waals surface area contributed by atoms with E-state index in [0.717, 1.165) is 39.4 Å². The van der Waals surface area contributed by atoms with E-state index in [4.69, 9.17) is 14.6 Å². The highest BCUT2D eigenvalue weighted by Crippen LogP contribution is 2.30. The fraction of sp³-hybridized carbons (Fsp3) is 0.545. The Kier molecular flexibility index (Phi) is 5.28. The van der Waals surface area contributed by atoms with Gasteiger partial charge in [0, 0.05) is 18.3 Å². The van der Waals surface area contributed by atoms with Crippen molar-refractivity contribution in [2.45, 2.75) is 73.4 Å². The molecular weight excluding hydrogens is 366 g/mol. The summed E-state index contributed by atoms with van der Waals surface area (Å²) >= 11 is 0. The molecule has 0 aliphatic heterocycles. The summed E-state index contributed by atoms with van der Waals surface area (Å²) in [5.41, 5.74) is 4.61. The minimum Gasteiger partial charge on any atom is -0.361 e. The molecule has 0 aliphatic rings. The molecule has 0 aromatic carbocycles. The van der Waals surface area contributed by atoms with Crippen molar-refractivity contribution < 1.29 is 9.32 Å². The Morgan fingerprint density at radius 3 is 2.38 bits per heavy atom. The highest BCUT2D eigenvalue weighted by atomic mass is 16.5. The normalized spacial score (nSPS) is 12.2. The van der Waals surface area contributed by atoms with Crippen LogP contribution in [-0.4, -0.2) is 37.8 Å². The zero-order chi connectivity index (χ0) is 21.7. The van der Waals surface area contributed by atoms with Crippen molar-refractivity contribution in [2.24, 2.45) is 0 Å². The predicted molar refractivity (Wildman–Crippen MR) is 113 cm³/mol. The van der Waals surface area contributed by atoms with E-state index in [0.29, 0.717) is 12.1 Å². The van der Waals surface area contributed by atoms with Crippen LogP contribution < -0.4 is 0 Å². The van der Waals surface area contributed by atoms with Gasteiger partial charge < -0.3 is 9.42 Å². The maximum Gasteiger partial charge on any atom is 0.254 e. The van der Waals surface area contributed by atoms with Crippen molar-refractivity contribution in [1.82, 2.24) is 24.8 Å². The molecule has 0 N–H and O–H groups in total. The number of aryl methyl sites for hydroxylation is 3. The summed E-state index contributed by atoms with van der Waals surface area (Å²) in [6.07, 6.45) is 0. The van der Waals surface area contributed by atoms with Gasteiger partial charge in [-0.25, -0.2) is 9.67 Å². The summed E-state index contributed by atoms with van der Waals surface area (Å²) in [5, 5.41) is 9.54. The van der Waals surface area contributed by atoms with Crippen LogP contribution in [0.25, 0.3) is 11.0 Å². The van der Waals surface area contributed by atoms with Gasteiger partial charge in [0.2, 0.25) is 0 Å². The molecule has 0 bridgehead atoms. The molecule has 29 heavy (non-hydrogen) atoms. The van der Waals surface area contributed by atoms with Gasteiger partial charge >= 0.3 is 0 Å². The van der Waals surface area contributed by atoms with Crippen LogP contribution in [-0.2, 0) is 12.1 Å².